The van der Waals surface area contributed by atoms with E-state index in [2.05, 4.69) is 17.2 Å². The fourth-order valence-corrected chi connectivity index (χ4v) is 1.62. The molecule has 86 valence electrons. The first-order valence-electron chi connectivity index (χ1n) is 5.03. The molecule has 16 heavy (non-hydrogen) atoms. The third-order valence-electron chi connectivity index (χ3n) is 2.05. The highest BCUT2D eigenvalue weighted by Gasteiger charge is 1.99. The van der Waals surface area contributed by atoms with Gasteiger partial charge in [0.25, 0.3) is 0 Å². The fourth-order valence-electron chi connectivity index (χ4n) is 1.15. The highest BCUT2D eigenvalue weighted by Crippen LogP contribution is 2.10. The molecule has 4 heteroatoms. The van der Waals surface area contributed by atoms with Gasteiger partial charge in [0.2, 0.25) is 0 Å². The largest absolute Gasteiger partial charge is 0.359 e. The van der Waals surface area contributed by atoms with E-state index in [1.165, 1.54) is 0 Å². The number of hydrogen-bond donors (Lipinski definition) is 2. The first-order chi connectivity index (χ1) is 7.61. The lowest BCUT2D eigenvalue weighted by Gasteiger charge is -2.13. The summed E-state index contributed by atoms with van der Waals surface area (Å²) in [5, 5.41) is 7.54. The summed E-state index contributed by atoms with van der Waals surface area (Å²) >= 11 is 11.0. The van der Waals surface area contributed by atoms with Gasteiger partial charge in [0.1, 0.15) is 0 Å². The zero-order chi connectivity index (χ0) is 12.0. The van der Waals surface area contributed by atoms with Crippen LogP contribution in [0, 0.1) is 0 Å². The first kappa shape index (κ1) is 13.0. The van der Waals surface area contributed by atoms with Gasteiger partial charge < -0.3 is 10.6 Å². The van der Waals surface area contributed by atoms with Crippen LogP contribution >= 0.6 is 23.8 Å². The highest BCUT2D eigenvalue weighted by atomic mass is 35.5. The van der Waals surface area contributed by atoms with E-state index in [1.54, 1.807) is 6.08 Å². The number of thiocarbonyl (C=S) groups is 1. The summed E-state index contributed by atoms with van der Waals surface area (Å²) in [5.74, 6) is 0. The third-order valence-corrected chi connectivity index (χ3v) is 2.55. The molecular weight excluding hydrogens is 240 g/mol. The van der Waals surface area contributed by atoms with Crippen molar-refractivity contribution in [2.24, 2.45) is 0 Å². The predicted octanol–water partition coefficient (Wildman–Crippen LogP) is 2.88. The molecule has 1 aromatic rings. The van der Waals surface area contributed by atoms with E-state index in [0.717, 1.165) is 10.6 Å². The third kappa shape index (κ3) is 4.64. The maximum absolute atomic E-state index is 5.88. The van der Waals surface area contributed by atoms with Crippen LogP contribution in [0.25, 0.3) is 0 Å². The molecule has 1 rings (SSSR count). The van der Waals surface area contributed by atoms with E-state index >= 15 is 0 Å². The van der Waals surface area contributed by atoms with E-state index < -0.39 is 0 Å². The number of nitrogens with one attached hydrogen (secondary N) is 2. The molecule has 0 amide bonds. The summed E-state index contributed by atoms with van der Waals surface area (Å²) in [7, 11) is 0. The van der Waals surface area contributed by atoms with Crippen molar-refractivity contribution >= 4 is 28.9 Å². The molecular formula is C12H15ClN2S. The van der Waals surface area contributed by atoms with Crippen LogP contribution in [-0.4, -0.2) is 11.2 Å². The van der Waals surface area contributed by atoms with Crippen molar-refractivity contribution in [1.29, 1.82) is 0 Å². The van der Waals surface area contributed by atoms with Crippen molar-refractivity contribution in [3.05, 3.63) is 47.5 Å². The maximum atomic E-state index is 5.88. The molecule has 1 atom stereocenters. The van der Waals surface area contributed by atoms with Gasteiger partial charge in [-0.1, -0.05) is 29.8 Å². The Hall–Kier alpha value is -1.06. The molecule has 0 aliphatic carbocycles. The molecule has 0 spiro atoms. The molecule has 2 N–H and O–H groups in total. The van der Waals surface area contributed by atoms with Gasteiger partial charge in [-0.15, -0.1) is 6.58 Å². The normalized spacial score (nSPS) is 11.6. The van der Waals surface area contributed by atoms with Gasteiger partial charge in [-0.2, -0.15) is 0 Å². The second-order valence-corrected chi connectivity index (χ2v) is 4.33. The Morgan fingerprint density at radius 1 is 1.62 bits per heavy atom. The minimum atomic E-state index is 0.166. The summed E-state index contributed by atoms with van der Waals surface area (Å²) in [6.07, 6.45) is 1.80. The van der Waals surface area contributed by atoms with E-state index in [9.17, 15) is 0 Å². The molecule has 1 aromatic carbocycles. The highest BCUT2D eigenvalue weighted by molar-refractivity contribution is 7.80. The Kier molecular flexibility index (Phi) is 5.29. The maximum Gasteiger partial charge on any atom is 0.167 e. The lowest BCUT2D eigenvalue weighted by atomic mass is 10.2. The van der Waals surface area contributed by atoms with Crippen LogP contribution in [0.2, 0.25) is 5.02 Å². The van der Waals surface area contributed by atoms with Crippen molar-refractivity contribution in [1.82, 2.24) is 10.6 Å². The van der Waals surface area contributed by atoms with Crippen LogP contribution in [0.15, 0.2) is 36.9 Å². The topological polar surface area (TPSA) is 24.1 Å². The SMILES string of the molecule is C=CC(C)NC(=S)NCc1cccc(Cl)c1. The van der Waals surface area contributed by atoms with Gasteiger partial charge in [-0.25, -0.2) is 0 Å². The number of halogens is 1. The smallest absolute Gasteiger partial charge is 0.167 e. The lowest BCUT2D eigenvalue weighted by Crippen LogP contribution is -2.39. The molecule has 0 saturated carbocycles. The molecule has 0 aliphatic rings. The van der Waals surface area contributed by atoms with Gasteiger partial charge in [-0.3, -0.25) is 0 Å². The molecule has 0 aliphatic heterocycles. The van der Waals surface area contributed by atoms with Crippen LogP contribution < -0.4 is 10.6 Å². The second-order valence-electron chi connectivity index (χ2n) is 3.48. The Bertz CT molecular complexity index is 379. The van der Waals surface area contributed by atoms with Crippen molar-refractivity contribution in [3.8, 4) is 0 Å². The van der Waals surface area contributed by atoms with Crippen molar-refractivity contribution < 1.29 is 0 Å². The van der Waals surface area contributed by atoms with Crippen molar-refractivity contribution in [2.45, 2.75) is 19.5 Å². The molecule has 0 fully saturated rings. The number of rotatable bonds is 4. The van der Waals surface area contributed by atoms with Gasteiger partial charge in [0, 0.05) is 17.6 Å². The second kappa shape index (κ2) is 6.51. The van der Waals surface area contributed by atoms with Gasteiger partial charge >= 0.3 is 0 Å². The van der Waals surface area contributed by atoms with E-state index in [4.69, 9.17) is 23.8 Å². The monoisotopic (exact) mass is 254 g/mol. The Labute approximate surface area is 107 Å². The standard InChI is InChI=1S/C12H15ClN2S/c1-3-9(2)15-12(16)14-8-10-5-4-6-11(13)7-10/h3-7,9H,1,8H2,2H3,(H2,14,15,16). The van der Waals surface area contributed by atoms with Crippen LogP contribution in [0.3, 0.4) is 0 Å². The molecule has 0 aromatic heterocycles. The number of benzene rings is 1. The van der Waals surface area contributed by atoms with Gasteiger partial charge in [-0.05, 0) is 36.8 Å². The average Bonchev–Trinajstić information content (AvgIpc) is 2.26. The van der Waals surface area contributed by atoms with Crippen LogP contribution in [0.5, 0.6) is 0 Å². The summed E-state index contributed by atoms with van der Waals surface area (Å²) in [6, 6.07) is 7.84. The zero-order valence-electron chi connectivity index (χ0n) is 9.16. The summed E-state index contributed by atoms with van der Waals surface area (Å²) in [5.41, 5.74) is 1.10. The molecule has 0 radical (unpaired) electrons. The average molecular weight is 255 g/mol. The molecule has 0 bridgehead atoms. The molecule has 0 saturated heterocycles. The van der Waals surface area contributed by atoms with Gasteiger partial charge in [0.15, 0.2) is 5.11 Å². The van der Waals surface area contributed by atoms with E-state index in [1.807, 2.05) is 31.2 Å². The summed E-state index contributed by atoms with van der Waals surface area (Å²) in [4.78, 5) is 0. The van der Waals surface area contributed by atoms with Gasteiger partial charge in [0.05, 0.1) is 0 Å². The summed E-state index contributed by atoms with van der Waals surface area (Å²) < 4.78 is 0. The first-order valence-corrected chi connectivity index (χ1v) is 5.82. The minimum Gasteiger partial charge on any atom is -0.359 e. The Morgan fingerprint density at radius 2 is 2.38 bits per heavy atom. The van der Waals surface area contributed by atoms with E-state index in [-0.39, 0.29) is 6.04 Å². The minimum absolute atomic E-state index is 0.166. The summed E-state index contributed by atoms with van der Waals surface area (Å²) in [6.45, 7) is 6.33. The quantitative estimate of drug-likeness (QED) is 0.638. The molecule has 1 unspecified atom stereocenters. The Balaban J connectivity index is 2.40. The molecule has 0 heterocycles. The number of hydrogen-bond acceptors (Lipinski definition) is 1. The fraction of sp³-hybridized carbons (Fsp3) is 0.250. The predicted molar refractivity (Wildman–Crippen MR) is 73.7 cm³/mol. The van der Waals surface area contributed by atoms with Crippen LogP contribution in [0.4, 0.5) is 0 Å². The molecule has 2 nitrogen and oxygen atoms in total. The lowest BCUT2D eigenvalue weighted by molar-refractivity contribution is 0.770. The zero-order valence-corrected chi connectivity index (χ0v) is 10.7. The van der Waals surface area contributed by atoms with Crippen LogP contribution in [-0.2, 0) is 6.54 Å². The van der Waals surface area contributed by atoms with Crippen molar-refractivity contribution in [3.63, 3.8) is 0 Å². The van der Waals surface area contributed by atoms with Crippen molar-refractivity contribution in [2.75, 3.05) is 0 Å². The van der Waals surface area contributed by atoms with E-state index in [0.29, 0.717) is 11.7 Å². The Morgan fingerprint density at radius 3 is 3.00 bits per heavy atom. The van der Waals surface area contributed by atoms with Crippen LogP contribution in [0.1, 0.15) is 12.5 Å².